The molecule has 0 bridgehead atoms. The Morgan fingerprint density at radius 1 is 1.24 bits per heavy atom. The number of hydrogen-bond donors (Lipinski definition) is 3. The lowest BCUT2D eigenvalue weighted by atomic mass is 9.99. The summed E-state index contributed by atoms with van der Waals surface area (Å²) in [5.74, 6) is -1.60. The van der Waals surface area contributed by atoms with E-state index >= 15 is 0 Å². The van der Waals surface area contributed by atoms with Crippen LogP contribution in [0.3, 0.4) is 0 Å². The van der Waals surface area contributed by atoms with Crippen molar-refractivity contribution < 1.29 is 24.5 Å². The Kier molecular flexibility index (Phi) is 5.41. The minimum atomic E-state index is -1.65. The first kappa shape index (κ1) is 15.7. The molecule has 0 aromatic heterocycles. The van der Waals surface area contributed by atoms with Crippen LogP contribution in [0.4, 0.5) is 4.79 Å². The summed E-state index contributed by atoms with van der Waals surface area (Å²) in [4.78, 5) is 22.1. The molecular weight excluding hydrogens is 226 g/mol. The summed E-state index contributed by atoms with van der Waals surface area (Å²) >= 11 is 0. The first-order valence-corrected chi connectivity index (χ1v) is 5.45. The molecule has 0 heterocycles. The molecule has 0 saturated heterocycles. The van der Waals surface area contributed by atoms with E-state index < -0.39 is 29.8 Å². The molecule has 100 valence electrons. The molecule has 0 aliphatic rings. The van der Waals surface area contributed by atoms with Gasteiger partial charge in [0.1, 0.15) is 5.60 Å². The normalized spacial score (nSPS) is 15.2. The van der Waals surface area contributed by atoms with E-state index in [1.807, 2.05) is 0 Å². The zero-order valence-corrected chi connectivity index (χ0v) is 10.9. The van der Waals surface area contributed by atoms with Crippen molar-refractivity contribution in [3.8, 4) is 0 Å². The lowest BCUT2D eigenvalue weighted by Gasteiger charge is -2.27. The topological polar surface area (TPSA) is 95.9 Å². The van der Waals surface area contributed by atoms with Crippen molar-refractivity contribution in [2.24, 2.45) is 5.92 Å². The lowest BCUT2D eigenvalue weighted by Crippen LogP contribution is -2.51. The van der Waals surface area contributed by atoms with E-state index in [0.29, 0.717) is 0 Å². The summed E-state index contributed by atoms with van der Waals surface area (Å²) in [7, 11) is 0. The van der Waals surface area contributed by atoms with Gasteiger partial charge < -0.3 is 20.3 Å². The summed E-state index contributed by atoms with van der Waals surface area (Å²) in [5, 5.41) is 20.5. The van der Waals surface area contributed by atoms with Crippen LogP contribution in [-0.4, -0.2) is 40.0 Å². The van der Waals surface area contributed by atoms with Crippen molar-refractivity contribution >= 4 is 12.1 Å². The molecule has 2 atom stereocenters. The maximum atomic E-state index is 11.5. The SMILES string of the molecule is CC(C)C(NC(=O)OC(C)(C)C)[C@H](O)C(=O)O. The van der Waals surface area contributed by atoms with Gasteiger partial charge in [-0.05, 0) is 26.7 Å². The third kappa shape index (κ3) is 6.11. The molecule has 1 amide bonds. The number of amides is 1. The molecule has 6 nitrogen and oxygen atoms in total. The molecule has 0 aromatic rings. The highest BCUT2D eigenvalue weighted by molar-refractivity contribution is 5.75. The Hall–Kier alpha value is -1.30. The monoisotopic (exact) mass is 247 g/mol. The number of aliphatic hydroxyl groups is 1. The minimum Gasteiger partial charge on any atom is -0.479 e. The molecule has 0 rings (SSSR count). The molecule has 0 spiro atoms. The van der Waals surface area contributed by atoms with Gasteiger partial charge in [0.2, 0.25) is 0 Å². The quantitative estimate of drug-likeness (QED) is 0.688. The van der Waals surface area contributed by atoms with Crippen LogP contribution in [0.15, 0.2) is 0 Å². The van der Waals surface area contributed by atoms with Crippen LogP contribution in [0.1, 0.15) is 34.6 Å². The van der Waals surface area contributed by atoms with Crippen LogP contribution < -0.4 is 5.32 Å². The fourth-order valence-electron chi connectivity index (χ4n) is 1.21. The zero-order chi connectivity index (χ0) is 13.8. The predicted molar refractivity (Wildman–Crippen MR) is 61.6 cm³/mol. The maximum absolute atomic E-state index is 11.5. The Bertz CT molecular complexity index is 282. The molecule has 1 unspecified atom stereocenters. The van der Waals surface area contributed by atoms with Crippen LogP contribution in [0, 0.1) is 5.92 Å². The summed E-state index contributed by atoms with van der Waals surface area (Å²) in [6.45, 7) is 8.50. The lowest BCUT2D eigenvalue weighted by molar-refractivity contribution is -0.148. The average molecular weight is 247 g/mol. The van der Waals surface area contributed by atoms with E-state index in [2.05, 4.69) is 5.32 Å². The van der Waals surface area contributed by atoms with Gasteiger partial charge in [0.15, 0.2) is 6.10 Å². The first-order valence-electron chi connectivity index (χ1n) is 5.45. The van der Waals surface area contributed by atoms with Crippen LogP contribution in [0.5, 0.6) is 0 Å². The number of carbonyl (C=O) groups excluding carboxylic acids is 1. The second-order valence-electron chi connectivity index (χ2n) is 5.20. The van der Waals surface area contributed by atoms with E-state index in [1.165, 1.54) is 0 Å². The fourth-order valence-corrected chi connectivity index (χ4v) is 1.21. The number of alkyl carbamates (subject to hydrolysis) is 1. The summed E-state index contributed by atoms with van der Waals surface area (Å²) in [5.41, 5.74) is -0.667. The van der Waals surface area contributed by atoms with Crippen LogP contribution in [-0.2, 0) is 9.53 Å². The Balaban J connectivity index is 4.57. The maximum Gasteiger partial charge on any atom is 0.407 e. The molecule has 17 heavy (non-hydrogen) atoms. The van der Waals surface area contributed by atoms with Crippen molar-refractivity contribution in [2.75, 3.05) is 0 Å². The zero-order valence-electron chi connectivity index (χ0n) is 10.9. The van der Waals surface area contributed by atoms with Gasteiger partial charge in [-0.15, -0.1) is 0 Å². The number of nitrogens with one attached hydrogen (secondary N) is 1. The van der Waals surface area contributed by atoms with E-state index in [-0.39, 0.29) is 5.92 Å². The highest BCUT2D eigenvalue weighted by Gasteiger charge is 2.31. The van der Waals surface area contributed by atoms with E-state index in [4.69, 9.17) is 9.84 Å². The molecule has 0 aromatic carbocycles. The molecular formula is C11H21NO5. The van der Waals surface area contributed by atoms with Gasteiger partial charge in [0, 0.05) is 0 Å². The van der Waals surface area contributed by atoms with Gasteiger partial charge in [0.05, 0.1) is 6.04 Å². The number of ether oxygens (including phenoxy) is 1. The molecule has 0 aliphatic heterocycles. The van der Waals surface area contributed by atoms with Crippen molar-refractivity contribution in [1.29, 1.82) is 0 Å². The van der Waals surface area contributed by atoms with Crippen LogP contribution >= 0.6 is 0 Å². The fraction of sp³-hybridized carbons (Fsp3) is 0.818. The summed E-state index contributed by atoms with van der Waals surface area (Å²) in [6, 6.07) is -0.887. The van der Waals surface area contributed by atoms with Crippen LogP contribution in [0.2, 0.25) is 0 Å². The number of carboxylic acids is 1. The van der Waals surface area contributed by atoms with Gasteiger partial charge in [-0.3, -0.25) is 0 Å². The van der Waals surface area contributed by atoms with Crippen molar-refractivity contribution in [1.82, 2.24) is 5.32 Å². The number of aliphatic carboxylic acids is 1. The highest BCUT2D eigenvalue weighted by atomic mass is 16.6. The number of hydrogen-bond acceptors (Lipinski definition) is 4. The minimum absolute atomic E-state index is 0.228. The van der Waals surface area contributed by atoms with Crippen molar-refractivity contribution in [2.45, 2.75) is 52.4 Å². The van der Waals surface area contributed by atoms with E-state index in [0.717, 1.165) is 0 Å². The molecule has 0 saturated carbocycles. The first-order chi connectivity index (χ1) is 7.54. The Morgan fingerprint density at radius 3 is 2.00 bits per heavy atom. The second kappa shape index (κ2) is 5.86. The average Bonchev–Trinajstić information content (AvgIpc) is 2.09. The smallest absolute Gasteiger partial charge is 0.407 e. The van der Waals surface area contributed by atoms with Crippen molar-refractivity contribution in [3.63, 3.8) is 0 Å². The number of carboxylic acid groups (broad SMARTS) is 1. The molecule has 0 fully saturated rings. The third-order valence-corrected chi connectivity index (χ3v) is 1.99. The third-order valence-electron chi connectivity index (χ3n) is 1.99. The standard InChI is InChI=1S/C11H21NO5/c1-6(2)7(8(13)9(14)15)12-10(16)17-11(3,4)5/h6-8,13H,1-5H3,(H,12,16)(H,14,15)/t7?,8-/m0/s1. The largest absolute Gasteiger partial charge is 0.479 e. The molecule has 0 radical (unpaired) electrons. The number of aliphatic hydroxyl groups excluding tert-OH is 1. The van der Waals surface area contributed by atoms with E-state index in [1.54, 1.807) is 34.6 Å². The van der Waals surface area contributed by atoms with Gasteiger partial charge in [-0.25, -0.2) is 9.59 Å². The Morgan fingerprint density at radius 2 is 1.71 bits per heavy atom. The number of rotatable bonds is 4. The molecule has 3 N–H and O–H groups in total. The van der Waals surface area contributed by atoms with E-state index in [9.17, 15) is 14.7 Å². The second-order valence-corrected chi connectivity index (χ2v) is 5.20. The summed E-state index contributed by atoms with van der Waals surface area (Å²) in [6.07, 6.45) is -2.39. The molecule has 0 aliphatic carbocycles. The molecule has 6 heteroatoms. The number of carbonyl (C=O) groups is 2. The predicted octanol–water partition coefficient (Wildman–Crippen LogP) is 0.981. The summed E-state index contributed by atoms with van der Waals surface area (Å²) < 4.78 is 4.99. The van der Waals surface area contributed by atoms with Crippen molar-refractivity contribution in [3.05, 3.63) is 0 Å². The van der Waals surface area contributed by atoms with Crippen LogP contribution in [0.25, 0.3) is 0 Å². The van der Waals surface area contributed by atoms with Gasteiger partial charge >= 0.3 is 12.1 Å². The van der Waals surface area contributed by atoms with Gasteiger partial charge in [-0.2, -0.15) is 0 Å². The Labute approximate surface area is 101 Å². The van der Waals surface area contributed by atoms with Gasteiger partial charge in [0.25, 0.3) is 0 Å². The van der Waals surface area contributed by atoms with Gasteiger partial charge in [-0.1, -0.05) is 13.8 Å². The highest BCUT2D eigenvalue weighted by Crippen LogP contribution is 2.11.